The quantitative estimate of drug-likeness (QED) is 0.486. The lowest BCUT2D eigenvalue weighted by atomic mass is 10.1. The second kappa shape index (κ2) is 7.58. The van der Waals surface area contributed by atoms with Gasteiger partial charge in [-0.2, -0.15) is 13.2 Å². The third kappa shape index (κ3) is 4.12. The Morgan fingerprint density at radius 1 is 1.04 bits per heavy atom. The normalized spacial score (nSPS) is 11.9. The van der Waals surface area contributed by atoms with Gasteiger partial charge in [0.2, 0.25) is 0 Å². The molecule has 3 rings (SSSR count). The molecule has 26 heavy (non-hydrogen) atoms. The van der Waals surface area contributed by atoms with E-state index in [0.717, 1.165) is 23.1 Å². The molecule has 0 saturated heterocycles. The number of benzene rings is 2. The molecule has 0 bridgehead atoms. The fourth-order valence-electron chi connectivity index (χ4n) is 2.56. The van der Waals surface area contributed by atoms with Gasteiger partial charge in [-0.1, -0.05) is 62.0 Å². The van der Waals surface area contributed by atoms with Gasteiger partial charge >= 0.3 is 6.18 Å². The van der Waals surface area contributed by atoms with Crippen LogP contribution < -0.4 is 0 Å². The van der Waals surface area contributed by atoms with Crippen molar-refractivity contribution in [2.45, 2.75) is 25.2 Å². The van der Waals surface area contributed by atoms with E-state index >= 15 is 0 Å². The number of thioether (sulfide) groups is 1. The zero-order chi connectivity index (χ0) is 18.7. The lowest BCUT2D eigenvalue weighted by Crippen LogP contribution is -2.07. The monoisotopic (exact) mass is 376 g/mol. The van der Waals surface area contributed by atoms with Crippen LogP contribution in [0.2, 0.25) is 0 Å². The lowest BCUT2D eigenvalue weighted by Gasteiger charge is -2.15. The lowest BCUT2D eigenvalue weighted by molar-refractivity contribution is -0.137. The highest BCUT2D eigenvalue weighted by Gasteiger charge is 2.31. The van der Waals surface area contributed by atoms with Gasteiger partial charge in [0.25, 0.3) is 0 Å². The third-order valence-electron chi connectivity index (χ3n) is 3.78. The molecule has 1 aromatic heterocycles. The van der Waals surface area contributed by atoms with Crippen molar-refractivity contribution in [3.05, 3.63) is 66.4 Å². The fourth-order valence-corrected chi connectivity index (χ4v) is 3.50. The van der Waals surface area contributed by atoms with Gasteiger partial charge in [-0.3, -0.25) is 4.57 Å². The summed E-state index contributed by atoms with van der Waals surface area (Å²) in [5, 5.41) is 0.692. The van der Waals surface area contributed by atoms with Crippen LogP contribution in [0.25, 0.3) is 16.9 Å². The van der Waals surface area contributed by atoms with Crippen LogP contribution in [-0.4, -0.2) is 15.3 Å². The van der Waals surface area contributed by atoms with Crippen LogP contribution in [0.15, 0.2) is 66.0 Å². The first-order chi connectivity index (χ1) is 12.4. The van der Waals surface area contributed by atoms with E-state index in [1.807, 2.05) is 30.3 Å². The summed E-state index contributed by atoms with van der Waals surface area (Å²) in [6.07, 6.45) is -2.66. The van der Waals surface area contributed by atoms with Gasteiger partial charge in [0.05, 0.1) is 17.5 Å². The van der Waals surface area contributed by atoms with E-state index in [-0.39, 0.29) is 0 Å². The predicted octanol–water partition coefficient (Wildman–Crippen LogP) is 6.31. The second-order valence-corrected chi connectivity index (χ2v) is 7.37. The van der Waals surface area contributed by atoms with Crippen molar-refractivity contribution >= 4 is 11.8 Å². The summed E-state index contributed by atoms with van der Waals surface area (Å²) in [6, 6.07) is 14.9. The van der Waals surface area contributed by atoms with Gasteiger partial charge in [-0.25, -0.2) is 4.98 Å². The van der Waals surface area contributed by atoms with E-state index < -0.39 is 11.7 Å². The standard InChI is InChI=1S/C20H19F3N2S/c1-14(2)13-26-19-24-12-18(15-7-4-3-5-8-15)25(19)17-10-6-9-16(11-17)20(21,22)23/h3-12,14H,13H2,1-2H3. The molecule has 0 N–H and O–H groups in total. The van der Waals surface area contributed by atoms with E-state index in [4.69, 9.17) is 0 Å². The number of hydrogen-bond acceptors (Lipinski definition) is 2. The van der Waals surface area contributed by atoms with E-state index in [2.05, 4.69) is 18.8 Å². The summed E-state index contributed by atoms with van der Waals surface area (Å²) in [7, 11) is 0. The Hall–Kier alpha value is -2.21. The summed E-state index contributed by atoms with van der Waals surface area (Å²) in [5.74, 6) is 1.29. The highest BCUT2D eigenvalue weighted by molar-refractivity contribution is 7.99. The molecule has 0 atom stereocenters. The van der Waals surface area contributed by atoms with Gasteiger partial charge in [0.15, 0.2) is 5.16 Å². The summed E-state index contributed by atoms with van der Waals surface area (Å²) in [6.45, 7) is 4.20. The van der Waals surface area contributed by atoms with Crippen molar-refractivity contribution < 1.29 is 13.2 Å². The van der Waals surface area contributed by atoms with Gasteiger partial charge in [-0.05, 0) is 24.1 Å². The fraction of sp³-hybridized carbons (Fsp3) is 0.250. The molecule has 0 spiro atoms. The number of hydrogen-bond donors (Lipinski definition) is 0. The Morgan fingerprint density at radius 2 is 1.77 bits per heavy atom. The summed E-state index contributed by atoms with van der Waals surface area (Å²) in [4.78, 5) is 4.48. The molecule has 0 aliphatic rings. The molecular weight excluding hydrogens is 357 g/mol. The van der Waals surface area contributed by atoms with Gasteiger partial charge in [-0.15, -0.1) is 0 Å². The van der Waals surface area contributed by atoms with Crippen LogP contribution in [0.4, 0.5) is 13.2 Å². The summed E-state index contributed by atoms with van der Waals surface area (Å²) < 4.78 is 41.3. The zero-order valence-electron chi connectivity index (χ0n) is 14.5. The van der Waals surface area contributed by atoms with Crippen LogP contribution >= 0.6 is 11.8 Å². The minimum atomic E-state index is -4.38. The van der Waals surface area contributed by atoms with Crippen molar-refractivity contribution in [3.63, 3.8) is 0 Å². The average molecular weight is 376 g/mol. The minimum Gasteiger partial charge on any atom is -0.287 e. The first-order valence-corrected chi connectivity index (χ1v) is 9.28. The topological polar surface area (TPSA) is 17.8 Å². The van der Waals surface area contributed by atoms with Crippen LogP contribution in [0.1, 0.15) is 19.4 Å². The second-order valence-electron chi connectivity index (χ2n) is 6.38. The molecule has 0 amide bonds. The number of rotatable bonds is 5. The van der Waals surface area contributed by atoms with E-state index in [0.29, 0.717) is 16.8 Å². The maximum atomic E-state index is 13.2. The summed E-state index contributed by atoms with van der Waals surface area (Å²) >= 11 is 1.55. The Bertz CT molecular complexity index is 870. The largest absolute Gasteiger partial charge is 0.416 e. The number of imidazole rings is 1. The molecule has 2 aromatic carbocycles. The molecule has 2 nitrogen and oxygen atoms in total. The Morgan fingerprint density at radius 3 is 2.42 bits per heavy atom. The molecule has 0 aliphatic heterocycles. The first-order valence-electron chi connectivity index (χ1n) is 8.30. The van der Waals surface area contributed by atoms with Gasteiger partial charge < -0.3 is 0 Å². The van der Waals surface area contributed by atoms with Crippen LogP contribution in [0, 0.1) is 5.92 Å². The molecule has 0 radical (unpaired) electrons. The molecule has 136 valence electrons. The van der Waals surface area contributed by atoms with Crippen molar-refractivity contribution in [1.82, 2.24) is 9.55 Å². The van der Waals surface area contributed by atoms with Crippen LogP contribution in [0.5, 0.6) is 0 Å². The maximum absolute atomic E-state index is 13.2. The SMILES string of the molecule is CC(C)CSc1ncc(-c2ccccc2)n1-c1cccc(C(F)(F)F)c1. The van der Waals surface area contributed by atoms with Gasteiger partial charge in [0, 0.05) is 17.0 Å². The molecular formula is C20H19F3N2S. The number of halogens is 3. The Labute approximate surface area is 155 Å². The molecule has 3 aromatic rings. The molecule has 0 unspecified atom stereocenters. The predicted molar refractivity (Wildman–Crippen MR) is 99.6 cm³/mol. The van der Waals surface area contributed by atoms with Crippen molar-refractivity contribution in [2.24, 2.45) is 5.92 Å². The van der Waals surface area contributed by atoms with Crippen molar-refractivity contribution in [1.29, 1.82) is 0 Å². The Kier molecular flexibility index (Phi) is 5.41. The molecule has 6 heteroatoms. The van der Waals surface area contributed by atoms with E-state index in [1.54, 1.807) is 28.6 Å². The van der Waals surface area contributed by atoms with Gasteiger partial charge in [0.1, 0.15) is 0 Å². The number of nitrogens with zero attached hydrogens (tertiary/aromatic N) is 2. The molecule has 1 heterocycles. The molecule has 0 aliphatic carbocycles. The smallest absolute Gasteiger partial charge is 0.287 e. The zero-order valence-corrected chi connectivity index (χ0v) is 15.3. The highest BCUT2D eigenvalue weighted by atomic mass is 32.2. The van der Waals surface area contributed by atoms with Crippen LogP contribution in [-0.2, 0) is 6.18 Å². The average Bonchev–Trinajstić information content (AvgIpc) is 3.04. The van der Waals surface area contributed by atoms with Crippen LogP contribution in [0.3, 0.4) is 0 Å². The minimum absolute atomic E-state index is 0.451. The molecule has 0 fully saturated rings. The first kappa shape index (κ1) is 18.6. The molecule has 0 saturated carbocycles. The summed E-state index contributed by atoms with van der Waals surface area (Å²) in [5.41, 5.74) is 1.48. The number of alkyl halides is 3. The third-order valence-corrected chi connectivity index (χ3v) is 5.16. The maximum Gasteiger partial charge on any atom is 0.416 e. The highest BCUT2D eigenvalue weighted by Crippen LogP contribution is 2.34. The van der Waals surface area contributed by atoms with Crippen molar-refractivity contribution in [3.8, 4) is 16.9 Å². The van der Waals surface area contributed by atoms with E-state index in [9.17, 15) is 13.2 Å². The Balaban J connectivity index is 2.13. The van der Waals surface area contributed by atoms with Crippen molar-refractivity contribution in [2.75, 3.05) is 5.75 Å². The number of aromatic nitrogens is 2. The van der Waals surface area contributed by atoms with E-state index in [1.165, 1.54) is 12.1 Å².